The van der Waals surface area contributed by atoms with E-state index in [-0.39, 0.29) is 0 Å². The number of aromatic amines is 1. The zero-order valence-corrected chi connectivity index (χ0v) is 14.2. The molecule has 5 nitrogen and oxygen atoms in total. The van der Waals surface area contributed by atoms with E-state index in [1.165, 1.54) is 34.6 Å². The molecule has 0 bridgehead atoms. The first-order valence-corrected chi connectivity index (χ1v) is 9.13. The lowest BCUT2D eigenvalue weighted by atomic mass is 9.99. The lowest BCUT2D eigenvalue weighted by molar-refractivity contribution is 0.193. The van der Waals surface area contributed by atoms with E-state index >= 15 is 0 Å². The van der Waals surface area contributed by atoms with Gasteiger partial charge in [-0.3, -0.25) is 5.10 Å². The summed E-state index contributed by atoms with van der Waals surface area (Å²) in [6, 6.07) is 10.5. The zero-order chi connectivity index (χ0) is 16.6. The van der Waals surface area contributed by atoms with Crippen LogP contribution in [0.15, 0.2) is 36.7 Å². The fourth-order valence-corrected chi connectivity index (χ4v) is 4.19. The summed E-state index contributed by atoms with van der Waals surface area (Å²) in [5, 5.41) is 7.80. The number of rotatable bonds is 4. The van der Waals surface area contributed by atoms with Crippen molar-refractivity contribution in [1.82, 2.24) is 19.7 Å². The molecule has 0 spiro atoms. The first-order chi connectivity index (χ1) is 12.4. The third-order valence-corrected chi connectivity index (χ3v) is 5.45. The summed E-state index contributed by atoms with van der Waals surface area (Å²) >= 11 is 0. The molecule has 1 aliphatic carbocycles. The highest BCUT2D eigenvalue weighted by atomic mass is 16.5. The second-order valence-electron chi connectivity index (χ2n) is 7.01. The van der Waals surface area contributed by atoms with Crippen LogP contribution in [-0.4, -0.2) is 33.0 Å². The van der Waals surface area contributed by atoms with Gasteiger partial charge >= 0.3 is 0 Å². The number of imidazole rings is 1. The highest BCUT2D eigenvalue weighted by Crippen LogP contribution is 2.34. The molecule has 2 aliphatic rings. The SMILES string of the molecule is c1ccc(-c2ncn(Cc3n[nH]c4c3CCC4)c2[C@H]2CCOC2)cc1. The molecule has 2 aromatic heterocycles. The van der Waals surface area contributed by atoms with Crippen LogP contribution in [0.4, 0.5) is 0 Å². The van der Waals surface area contributed by atoms with E-state index in [1.54, 1.807) is 0 Å². The van der Waals surface area contributed by atoms with Gasteiger partial charge in [0.15, 0.2) is 0 Å². The predicted octanol–water partition coefficient (Wildman–Crippen LogP) is 3.31. The van der Waals surface area contributed by atoms with Crippen LogP contribution in [0, 0.1) is 0 Å². The van der Waals surface area contributed by atoms with Crippen LogP contribution in [0.1, 0.15) is 41.4 Å². The number of hydrogen-bond acceptors (Lipinski definition) is 3. The maximum Gasteiger partial charge on any atom is 0.0959 e. The van der Waals surface area contributed by atoms with Gasteiger partial charge in [0.05, 0.1) is 36.6 Å². The second-order valence-corrected chi connectivity index (χ2v) is 7.01. The molecular formula is C20H22N4O. The highest BCUT2D eigenvalue weighted by Gasteiger charge is 2.27. The molecule has 1 atom stereocenters. The first-order valence-electron chi connectivity index (χ1n) is 9.13. The van der Waals surface area contributed by atoms with Gasteiger partial charge in [0, 0.05) is 23.8 Å². The summed E-state index contributed by atoms with van der Waals surface area (Å²) in [6.45, 7) is 2.41. The van der Waals surface area contributed by atoms with Crippen molar-refractivity contribution in [3.8, 4) is 11.3 Å². The standard InChI is InChI=1S/C20H22N4O/c1-2-5-14(6-3-1)19-20(15-9-10-25-12-15)24(13-21-19)11-18-16-7-4-8-17(16)22-23-18/h1-3,5-6,13,15H,4,7-12H2,(H,22,23)/t15-/m0/s1. The number of aryl methyl sites for hydroxylation is 1. The van der Waals surface area contributed by atoms with E-state index in [1.807, 2.05) is 12.4 Å². The van der Waals surface area contributed by atoms with Gasteiger partial charge in [0.1, 0.15) is 0 Å². The Labute approximate surface area is 147 Å². The Balaban J connectivity index is 1.56. The smallest absolute Gasteiger partial charge is 0.0959 e. The van der Waals surface area contributed by atoms with Crippen LogP contribution in [-0.2, 0) is 24.1 Å². The van der Waals surface area contributed by atoms with Crippen molar-refractivity contribution >= 4 is 0 Å². The van der Waals surface area contributed by atoms with Crippen LogP contribution in [0.2, 0.25) is 0 Å². The number of ether oxygens (including phenoxy) is 1. The Morgan fingerprint density at radius 3 is 2.96 bits per heavy atom. The molecule has 25 heavy (non-hydrogen) atoms. The van der Waals surface area contributed by atoms with Crippen LogP contribution >= 0.6 is 0 Å². The molecule has 3 aromatic rings. The predicted molar refractivity (Wildman–Crippen MR) is 95.6 cm³/mol. The summed E-state index contributed by atoms with van der Waals surface area (Å²) in [5.74, 6) is 0.407. The summed E-state index contributed by atoms with van der Waals surface area (Å²) in [6.07, 6.45) is 6.55. The van der Waals surface area contributed by atoms with Crippen LogP contribution in [0.3, 0.4) is 0 Å². The molecule has 1 aromatic carbocycles. The van der Waals surface area contributed by atoms with Crippen molar-refractivity contribution in [3.63, 3.8) is 0 Å². The fourth-order valence-electron chi connectivity index (χ4n) is 4.19. The van der Waals surface area contributed by atoms with Gasteiger partial charge in [-0.2, -0.15) is 5.10 Å². The van der Waals surface area contributed by atoms with E-state index in [2.05, 4.69) is 39.0 Å². The fraction of sp³-hybridized carbons (Fsp3) is 0.400. The molecule has 0 saturated carbocycles. The Morgan fingerprint density at radius 1 is 1.20 bits per heavy atom. The molecule has 1 aliphatic heterocycles. The van der Waals surface area contributed by atoms with E-state index < -0.39 is 0 Å². The monoisotopic (exact) mass is 334 g/mol. The van der Waals surface area contributed by atoms with Gasteiger partial charge in [-0.1, -0.05) is 30.3 Å². The Hall–Kier alpha value is -2.40. The minimum Gasteiger partial charge on any atom is -0.381 e. The number of fused-ring (bicyclic) bond motifs is 1. The van der Waals surface area contributed by atoms with Crippen molar-refractivity contribution < 1.29 is 4.74 Å². The molecule has 0 radical (unpaired) electrons. The van der Waals surface area contributed by atoms with Gasteiger partial charge in [0.25, 0.3) is 0 Å². The maximum atomic E-state index is 5.67. The molecule has 1 saturated heterocycles. The largest absolute Gasteiger partial charge is 0.381 e. The quantitative estimate of drug-likeness (QED) is 0.796. The molecule has 5 rings (SSSR count). The summed E-state index contributed by atoms with van der Waals surface area (Å²) in [4.78, 5) is 4.77. The van der Waals surface area contributed by atoms with Crippen molar-refractivity contribution in [3.05, 3.63) is 59.3 Å². The minimum absolute atomic E-state index is 0.407. The Morgan fingerprint density at radius 2 is 2.12 bits per heavy atom. The van der Waals surface area contributed by atoms with Crippen molar-refractivity contribution in [1.29, 1.82) is 0 Å². The normalized spacial score (nSPS) is 19.4. The average molecular weight is 334 g/mol. The van der Waals surface area contributed by atoms with Gasteiger partial charge < -0.3 is 9.30 Å². The molecular weight excluding hydrogens is 312 g/mol. The van der Waals surface area contributed by atoms with Gasteiger partial charge in [-0.15, -0.1) is 0 Å². The van der Waals surface area contributed by atoms with Gasteiger partial charge in [-0.25, -0.2) is 4.98 Å². The number of nitrogens with one attached hydrogen (secondary N) is 1. The number of aromatic nitrogens is 4. The summed E-state index contributed by atoms with van der Waals surface area (Å²) < 4.78 is 7.96. The average Bonchev–Trinajstić information content (AvgIpc) is 3.42. The molecule has 1 fully saturated rings. The molecule has 0 amide bonds. The van der Waals surface area contributed by atoms with E-state index in [4.69, 9.17) is 9.72 Å². The maximum absolute atomic E-state index is 5.67. The topological polar surface area (TPSA) is 55.7 Å². The van der Waals surface area contributed by atoms with Crippen LogP contribution in [0.25, 0.3) is 11.3 Å². The Kier molecular flexibility index (Phi) is 3.67. The van der Waals surface area contributed by atoms with Crippen molar-refractivity contribution in [2.75, 3.05) is 13.2 Å². The first kappa shape index (κ1) is 14.9. The zero-order valence-electron chi connectivity index (χ0n) is 14.2. The molecule has 1 N–H and O–H groups in total. The number of H-pyrrole nitrogens is 1. The third-order valence-electron chi connectivity index (χ3n) is 5.45. The van der Waals surface area contributed by atoms with Crippen molar-refractivity contribution in [2.24, 2.45) is 0 Å². The van der Waals surface area contributed by atoms with E-state index in [9.17, 15) is 0 Å². The number of nitrogens with zero attached hydrogens (tertiary/aromatic N) is 3. The highest BCUT2D eigenvalue weighted by molar-refractivity contribution is 5.62. The van der Waals surface area contributed by atoms with Gasteiger partial charge in [0.2, 0.25) is 0 Å². The number of hydrogen-bond donors (Lipinski definition) is 1. The molecule has 5 heteroatoms. The molecule has 128 valence electrons. The third kappa shape index (κ3) is 2.59. The van der Waals surface area contributed by atoms with Crippen LogP contribution in [0.5, 0.6) is 0 Å². The van der Waals surface area contributed by atoms with E-state index in [0.29, 0.717) is 5.92 Å². The van der Waals surface area contributed by atoms with Crippen molar-refractivity contribution in [2.45, 2.75) is 38.1 Å². The number of benzene rings is 1. The summed E-state index contributed by atoms with van der Waals surface area (Å²) in [5.41, 5.74) is 7.47. The van der Waals surface area contributed by atoms with Gasteiger partial charge in [-0.05, 0) is 31.2 Å². The minimum atomic E-state index is 0.407. The van der Waals surface area contributed by atoms with Crippen LogP contribution < -0.4 is 0 Å². The molecule has 0 unspecified atom stereocenters. The Bertz CT molecular complexity index is 874. The summed E-state index contributed by atoms with van der Waals surface area (Å²) in [7, 11) is 0. The molecule has 3 heterocycles. The lowest BCUT2D eigenvalue weighted by Gasteiger charge is -2.14. The van der Waals surface area contributed by atoms with E-state index in [0.717, 1.165) is 44.7 Å². The lowest BCUT2D eigenvalue weighted by Crippen LogP contribution is -2.11. The second kappa shape index (κ2) is 6.15.